The van der Waals surface area contributed by atoms with Gasteiger partial charge in [0.2, 0.25) is 0 Å². The van der Waals surface area contributed by atoms with Gasteiger partial charge in [-0.05, 0) is 13.8 Å². The lowest BCUT2D eigenvalue weighted by atomic mass is 9.53. The summed E-state index contributed by atoms with van der Waals surface area (Å²) in [7, 11) is 0. The number of hydrogen-bond acceptors (Lipinski definition) is 6. The molecule has 6 rings (SSSR count). The van der Waals surface area contributed by atoms with Gasteiger partial charge in [-0.25, -0.2) is 0 Å². The van der Waals surface area contributed by atoms with Crippen LogP contribution < -0.4 is 0 Å². The molecular weight excluding hydrogens is 276 g/mol. The van der Waals surface area contributed by atoms with E-state index in [1.807, 2.05) is 20.8 Å². The summed E-state index contributed by atoms with van der Waals surface area (Å²) in [5, 5.41) is 11.1. The molecule has 4 bridgehead atoms. The monoisotopic (exact) mass is 294 g/mol. The van der Waals surface area contributed by atoms with Crippen LogP contribution in [-0.2, 0) is 23.7 Å². The van der Waals surface area contributed by atoms with Crippen LogP contribution in [0.15, 0.2) is 0 Å². The highest BCUT2D eigenvalue weighted by Gasteiger charge is 2.98. The summed E-state index contributed by atoms with van der Waals surface area (Å²) < 4.78 is 23.8. The lowest BCUT2D eigenvalue weighted by molar-refractivity contribution is -0.218. The number of aliphatic hydroxyl groups excluding tert-OH is 1. The zero-order chi connectivity index (χ0) is 14.6. The standard InChI is InChI=1S/C15H18O6/c1-12(2)5-6-11(17)19-7(5)8(16)13(3)14(4-18-14)9-10(20-9)15(6,13)21-12/h5-10,16H,4H2,1-3H3. The van der Waals surface area contributed by atoms with E-state index in [0.29, 0.717) is 6.61 Å². The number of ether oxygens (including phenoxy) is 4. The Morgan fingerprint density at radius 3 is 2.62 bits per heavy atom. The van der Waals surface area contributed by atoms with Crippen molar-refractivity contribution in [3.05, 3.63) is 0 Å². The zero-order valence-corrected chi connectivity index (χ0v) is 12.2. The molecule has 6 aliphatic rings. The van der Waals surface area contributed by atoms with Crippen LogP contribution in [0.5, 0.6) is 0 Å². The van der Waals surface area contributed by atoms with E-state index in [4.69, 9.17) is 18.9 Å². The third-order valence-electron chi connectivity index (χ3n) is 7.34. The van der Waals surface area contributed by atoms with Gasteiger partial charge in [0.05, 0.1) is 23.5 Å². The topological polar surface area (TPSA) is 80.8 Å². The van der Waals surface area contributed by atoms with E-state index in [0.717, 1.165) is 0 Å². The lowest BCUT2D eigenvalue weighted by Gasteiger charge is -2.50. The smallest absolute Gasteiger partial charge is 0.312 e. The number of carbonyl (C=O) groups is 1. The summed E-state index contributed by atoms with van der Waals surface area (Å²) >= 11 is 0. The number of esters is 1. The number of epoxide rings is 2. The Bertz CT molecular complexity index is 611. The number of fused-ring (bicyclic) bond motifs is 3. The van der Waals surface area contributed by atoms with Gasteiger partial charge >= 0.3 is 5.97 Å². The quantitative estimate of drug-likeness (QED) is 0.485. The Morgan fingerprint density at radius 2 is 1.95 bits per heavy atom. The van der Waals surface area contributed by atoms with Gasteiger partial charge < -0.3 is 24.1 Å². The summed E-state index contributed by atoms with van der Waals surface area (Å²) in [6, 6.07) is 0. The van der Waals surface area contributed by atoms with Crippen molar-refractivity contribution in [3.63, 3.8) is 0 Å². The molecule has 9 unspecified atom stereocenters. The van der Waals surface area contributed by atoms with Gasteiger partial charge in [0, 0.05) is 5.92 Å². The van der Waals surface area contributed by atoms with Crippen LogP contribution >= 0.6 is 0 Å². The molecule has 6 nitrogen and oxygen atoms in total. The first kappa shape index (κ1) is 11.8. The number of aliphatic hydroxyl groups is 1. The Kier molecular flexibility index (Phi) is 1.50. The van der Waals surface area contributed by atoms with Crippen molar-refractivity contribution in [1.29, 1.82) is 0 Å². The minimum atomic E-state index is -0.814. The molecule has 2 spiro atoms. The second kappa shape index (κ2) is 2.66. The molecule has 0 amide bonds. The first-order valence-electron chi connectivity index (χ1n) is 7.69. The molecule has 1 N–H and O–H groups in total. The summed E-state index contributed by atoms with van der Waals surface area (Å²) in [4.78, 5) is 12.5. The molecule has 0 aromatic carbocycles. The zero-order valence-electron chi connectivity index (χ0n) is 12.2. The Balaban J connectivity index is 1.69. The van der Waals surface area contributed by atoms with Crippen molar-refractivity contribution in [2.75, 3.05) is 6.61 Å². The van der Waals surface area contributed by atoms with E-state index in [2.05, 4.69) is 0 Å². The first-order chi connectivity index (χ1) is 9.81. The average molecular weight is 294 g/mol. The Hall–Kier alpha value is -0.690. The molecule has 6 heteroatoms. The SMILES string of the molecule is CC1(C)OC23C4OC4C4(CO4)C2(C)C(O)C2OC(=O)C3C21. The lowest BCUT2D eigenvalue weighted by Crippen LogP contribution is -2.67. The molecule has 21 heavy (non-hydrogen) atoms. The normalized spacial score (nSPS) is 70.6. The summed E-state index contributed by atoms with van der Waals surface area (Å²) in [5.41, 5.74) is -2.49. The van der Waals surface area contributed by atoms with E-state index >= 15 is 0 Å². The highest BCUT2D eigenvalue weighted by Crippen LogP contribution is 2.80. The van der Waals surface area contributed by atoms with Gasteiger partial charge in [0.25, 0.3) is 0 Å². The predicted molar refractivity (Wildman–Crippen MR) is 66.2 cm³/mol. The molecule has 0 aromatic rings. The van der Waals surface area contributed by atoms with Crippen molar-refractivity contribution in [2.24, 2.45) is 17.3 Å². The average Bonchev–Trinajstić information content (AvgIpc) is 3.26. The third-order valence-corrected chi connectivity index (χ3v) is 7.34. The number of rotatable bonds is 0. The van der Waals surface area contributed by atoms with E-state index in [1.165, 1.54) is 0 Å². The molecule has 6 fully saturated rings. The van der Waals surface area contributed by atoms with Crippen molar-refractivity contribution in [1.82, 2.24) is 0 Å². The molecule has 0 radical (unpaired) electrons. The maximum atomic E-state index is 12.5. The molecule has 2 aliphatic carbocycles. The third kappa shape index (κ3) is 0.814. The van der Waals surface area contributed by atoms with E-state index in [9.17, 15) is 9.90 Å². The second-order valence-electron chi connectivity index (χ2n) is 8.21. The summed E-state index contributed by atoms with van der Waals surface area (Å²) in [6.45, 7) is 6.54. The molecule has 2 saturated carbocycles. The minimum absolute atomic E-state index is 0.0566. The largest absolute Gasteiger partial charge is 0.459 e. The van der Waals surface area contributed by atoms with Gasteiger partial charge in [-0.3, -0.25) is 4.79 Å². The molecule has 9 atom stereocenters. The molecular formula is C15H18O6. The molecule has 114 valence electrons. The highest BCUT2D eigenvalue weighted by molar-refractivity contribution is 5.80. The van der Waals surface area contributed by atoms with Gasteiger partial charge in [0.15, 0.2) is 0 Å². The maximum Gasteiger partial charge on any atom is 0.312 e. The Labute approximate surface area is 121 Å². The van der Waals surface area contributed by atoms with E-state index < -0.39 is 34.4 Å². The molecule has 4 heterocycles. The summed E-state index contributed by atoms with van der Waals surface area (Å²) in [6.07, 6.45) is -1.50. The first-order valence-corrected chi connectivity index (χ1v) is 7.69. The van der Waals surface area contributed by atoms with Crippen molar-refractivity contribution >= 4 is 5.97 Å². The van der Waals surface area contributed by atoms with E-state index in [-0.39, 0.29) is 30.0 Å². The van der Waals surface area contributed by atoms with Crippen molar-refractivity contribution < 1.29 is 28.8 Å². The molecule has 4 saturated heterocycles. The predicted octanol–water partition coefficient (Wildman–Crippen LogP) is -0.377. The van der Waals surface area contributed by atoms with E-state index in [1.54, 1.807) is 0 Å². The van der Waals surface area contributed by atoms with Crippen LogP contribution in [0.1, 0.15) is 20.8 Å². The minimum Gasteiger partial charge on any atom is -0.459 e. The molecule has 0 aromatic heterocycles. The molecule has 4 aliphatic heterocycles. The van der Waals surface area contributed by atoms with Gasteiger partial charge in [0.1, 0.15) is 35.6 Å². The van der Waals surface area contributed by atoms with Gasteiger partial charge in [-0.15, -0.1) is 0 Å². The number of hydrogen-bond donors (Lipinski definition) is 1. The fourth-order valence-corrected chi connectivity index (χ4v) is 6.41. The number of carbonyl (C=O) groups excluding carboxylic acids is 1. The van der Waals surface area contributed by atoms with Crippen LogP contribution in [0.4, 0.5) is 0 Å². The fourth-order valence-electron chi connectivity index (χ4n) is 6.41. The fraction of sp³-hybridized carbons (Fsp3) is 0.933. The second-order valence-corrected chi connectivity index (χ2v) is 8.21. The van der Waals surface area contributed by atoms with Gasteiger partial charge in [-0.1, -0.05) is 6.92 Å². The Morgan fingerprint density at radius 1 is 1.24 bits per heavy atom. The van der Waals surface area contributed by atoms with Crippen LogP contribution in [-0.4, -0.2) is 58.9 Å². The van der Waals surface area contributed by atoms with Crippen molar-refractivity contribution in [3.8, 4) is 0 Å². The van der Waals surface area contributed by atoms with Crippen LogP contribution in [0.3, 0.4) is 0 Å². The van der Waals surface area contributed by atoms with Crippen molar-refractivity contribution in [2.45, 2.75) is 62.0 Å². The highest BCUT2D eigenvalue weighted by atomic mass is 16.7. The van der Waals surface area contributed by atoms with Crippen LogP contribution in [0.25, 0.3) is 0 Å². The van der Waals surface area contributed by atoms with Gasteiger partial charge in [-0.2, -0.15) is 0 Å². The summed E-state index contributed by atoms with van der Waals surface area (Å²) in [5.74, 6) is -0.721. The van der Waals surface area contributed by atoms with Crippen LogP contribution in [0.2, 0.25) is 0 Å². The van der Waals surface area contributed by atoms with Crippen LogP contribution in [0, 0.1) is 17.3 Å². The maximum absolute atomic E-state index is 12.5.